The number of thiocarbonyl (C=S) groups is 1. The number of carbonyl (C=O) groups excluding carboxylic acids is 2. The molecule has 0 aliphatic carbocycles. The molecule has 5 nitrogen and oxygen atoms in total. The Labute approximate surface area is 154 Å². The summed E-state index contributed by atoms with van der Waals surface area (Å²) in [4.78, 5) is 26.3. The van der Waals surface area contributed by atoms with Crippen LogP contribution < -0.4 is 15.0 Å². The first kappa shape index (κ1) is 17.1. The van der Waals surface area contributed by atoms with E-state index >= 15 is 0 Å². The zero-order valence-corrected chi connectivity index (χ0v) is 14.7. The molecule has 1 N–H and O–H groups in total. The maximum Gasteiger partial charge on any atom is 0.270 e. The van der Waals surface area contributed by atoms with E-state index in [2.05, 4.69) is 5.32 Å². The van der Waals surface area contributed by atoms with Gasteiger partial charge in [-0.2, -0.15) is 0 Å². The molecule has 1 aliphatic rings. The number of hydrogen-bond acceptors (Lipinski definition) is 4. The molecule has 0 saturated carbocycles. The van der Waals surface area contributed by atoms with E-state index in [1.807, 2.05) is 0 Å². The normalized spacial score (nSPS) is 16.2. The van der Waals surface area contributed by atoms with E-state index in [-0.39, 0.29) is 10.7 Å². The number of rotatable bonds is 3. The van der Waals surface area contributed by atoms with Crippen molar-refractivity contribution < 1.29 is 14.3 Å². The third kappa shape index (κ3) is 3.55. The Kier molecular flexibility index (Phi) is 4.83. The third-order valence-electron chi connectivity index (χ3n) is 3.59. The maximum atomic E-state index is 12.8. The second-order valence-electron chi connectivity index (χ2n) is 5.21. The van der Waals surface area contributed by atoms with E-state index in [1.54, 1.807) is 55.6 Å². The summed E-state index contributed by atoms with van der Waals surface area (Å²) in [5.74, 6) is -0.362. The van der Waals surface area contributed by atoms with Crippen LogP contribution in [0.25, 0.3) is 6.08 Å². The number of benzene rings is 2. The lowest BCUT2D eigenvalue weighted by Gasteiger charge is -2.29. The van der Waals surface area contributed by atoms with Crippen LogP contribution in [-0.4, -0.2) is 24.0 Å². The van der Waals surface area contributed by atoms with Gasteiger partial charge >= 0.3 is 0 Å². The Morgan fingerprint density at radius 2 is 1.88 bits per heavy atom. The van der Waals surface area contributed by atoms with Crippen LogP contribution >= 0.6 is 23.8 Å². The molecule has 1 fully saturated rings. The Balaban J connectivity index is 1.98. The minimum absolute atomic E-state index is 0.0151. The molecule has 0 aromatic heterocycles. The average molecular weight is 373 g/mol. The highest BCUT2D eigenvalue weighted by Crippen LogP contribution is 2.25. The number of halogens is 1. The van der Waals surface area contributed by atoms with E-state index in [4.69, 9.17) is 28.6 Å². The van der Waals surface area contributed by atoms with Gasteiger partial charge in [0.1, 0.15) is 11.3 Å². The predicted molar refractivity (Wildman–Crippen MR) is 101 cm³/mol. The average Bonchev–Trinajstić information content (AvgIpc) is 2.59. The number of anilines is 1. The molecule has 1 heterocycles. The van der Waals surface area contributed by atoms with Gasteiger partial charge in [0.15, 0.2) is 5.11 Å². The summed E-state index contributed by atoms with van der Waals surface area (Å²) >= 11 is 11.1. The van der Waals surface area contributed by atoms with Crippen molar-refractivity contribution in [3.8, 4) is 5.75 Å². The van der Waals surface area contributed by atoms with Gasteiger partial charge in [0.25, 0.3) is 11.8 Å². The largest absolute Gasteiger partial charge is 0.497 e. The quantitative estimate of drug-likeness (QED) is 0.510. The molecule has 1 saturated heterocycles. The number of carbonyl (C=O) groups is 2. The number of ether oxygens (including phenoxy) is 1. The molecule has 25 heavy (non-hydrogen) atoms. The molecule has 0 radical (unpaired) electrons. The van der Waals surface area contributed by atoms with Gasteiger partial charge in [-0.25, -0.2) is 0 Å². The number of methoxy groups -OCH3 is 1. The highest BCUT2D eigenvalue weighted by Gasteiger charge is 2.34. The zero-order valence-electron chi connectivity index (χ0n) is 13.2. The van der Waals surface area contributed by atoms with Crippen LogP contribution in [0.15, 0.2) is 54.1 Å². The van der Waals surface area contributed by atoms with E-state index in [1.165, 1.54) is 11.0 Å². The summed E-state index contributed by atoms with van der Waals surface area (Å²) in [5.41, 5.74) is 1.17. The van der Waals surface area contributed by atoms with E-state index in [0.29, 0.717) is 22.0 Å². The molecule has 0 unspecified atom stereocenters. The van der Waals surface area contributed by atoms with Gasteiger partial charge in [-0.1, -0.05) is 29.8 Å². The fourth-order valence-corrected chi connectivity index (χ4v) is 2.84. The number of nitrogens with zero attached hydrogens (tertiary/aromatic N) is 1. The van der Waals surface area contributed by atoms with Crippen molar-refractivity contribution in [3.05, 3.63) is 64.7 Å². The molecule has 1 aliphatic heterocycles. The second kappa shape index (κ2) is 7.04. The lowest BCUT2D eigenvalue weighted by atomic mass is 10.1. The van der Waals surface area contributed by atoms with Crippen molar-refractivity contribution in [1.29, 1.82) is 0 Å². The summed E-state index contributed by atoms with van der Waals surface area (Å²) in [6.45, 7) is 0. The summed E-state index contributed by atoms with van der Waals surface area (Å²) in [5, 5.41) is 3.01. The van der Waals surface area contributed by atoms with E-state index in [0.717, 1.165) is 0 Å². The van der Waals surface area contributed by atoms with Crippen molar-refractivity contribution >= 4 is 52.5 Å². The molecular formula is C18H13ClN2O3S. The molecule has 0 atom stereocenters. The summed E-state index contributed by atoms with van der Waals surface area (Å²) in [6.07, 6.45) is 1.51. The molecule has 2 aromatic rings. The van der Waals surface area contributed by atoms with Crippen molar-refractivity contribution in [1.82, 2.24) is 5.32 Å². The van der Waals surface area contributed by atoms with Crippen molar-refractivity contribution in [2.75, 3.05) is 12.0 Å². The molecule has 2 amide bonds. The third-order valence-corrected chi connectivity index (χ3v) is 4.11. The van der Waals surface area contributed by atoms with Gasteiger partial charge in [0.05, 0.1) is 12.8 Å². The highest BCUT2D eigenvalue weighted by atomic mass is 35.5. The number of nitrogens with one attached hydrogen (secondary N) is 1. The Hall–Kier alpha value is -2.70. The van der Waals surface area contributed by atoms with Crippen molar-refractivity contribution in [2.45, 2.75) is 0 Å². The second-order valence-corrected chi connectivity index (χ2v) is 6.03. The minimum atomic E-state index is -0.538. The molecular weight excluding hydrogens is 360 g/mol. The van der Waals surface area contributed by atoms with Crippen molar-refractivity contribution in [3.63, 3.8) is 0 Å². The molecule has 0 bridgehead atoms. The Bertz CT molecular complexity index is 893. The van der Waals surface area contributed by atoms with Crippen LogP contribution in [-0.2, 0) is 9.59 Å². The van der Waals surface area contributed by atoms with Crippen LogP contribution in [0.1, 0.15) is 5.56 Å². The highest BCUT2D eigenvalue weighted by molar-refractivity contribution is 7.80. The van der Waals surface area contributed by atoms with Gasteiger partial charge in [0.2, 0.25) is 0 Å². The van der Waals surface area contributed by atoms with E-state index < -0.39 is 11.8 Å². The van der Waals surface area contributed by atoms with Crippen LogP contribution in [0.5, 0.6) is 5.75 Å². The lowest BCUT2D eigenvalue weighted by molar-refractivity contribution is -0.122. The van der Waals surface area contributed by atoms with Gasteiger partial charge in [-0.3, -0.25) is 19.8 Å². The van der Waals surface area contributed by atoms with Crippen LogP contribution in [0, 0.1) is 0 Å². The summed E-state index contributed by atoms with van der Waals surface area (Å²) in [7, 11) is 1.56. The first-order chi connectivity index (χ1) is 12.0. The molecule has 7 heteroatoms. The van der Waals surface area contributed by atoms with Gasteiger partial charge in [0, 0.05) is 5.02 Å². The SMILES string of the molecule is COc1ccc(/C=C2\C(=O)NC(=S)N(c3cccc(Cl)c3)C2=O)cc1. The van der Waals surface area contributed by atoms with Gasteiger partial charge in [-0.05, 0) is 54.2 Å². The van der Waals surface area contributed by atoms with Gasteiger partial charge in [-0.15, -0.1) is 0 Å². The minimum Gasteiger partial charge on any atom is -0.497 e. The summed E-state index contributed by atoms with van der Waals surface area (Å²) in [6, 6.07) is 13.7. The first-order valence-electron chi connectivity index (χ1n) is 7.30. The molecule has 126 valence electrons. The smallest absolute Gasteiger partial charge is 0.270 e. The molecule has 0 spiro atoms. The van der Waals surface area contributed by atoms with Crippen LogP contribution in [0.2, 0.25) is 5.02 Å². The number of hydrogen-bond donors (Lipinski definition) is 1. The summed E-state index contributed by atoms with van der Waals surface area (Å²) < 4.78 is 5.10. The fourth-order valence-electron chi connectivity index (χ4n) is 2.37. The Morgan fingerprint density at radius 3 is 2.52 bits per heavy atom. The van der Waals surface area contributed by atoms with Crippen LogP contribution in [0.3, 0.4) is 0 Å². The Morgan fingerprint density at radius 1 is 1.16 bits per heavy atom. The van der Waals surface area contributed by atoms with E-state index in [9.17, 15) is 9.59 Å². The monoisotopic (exact) mass is 372 g/mol. The predicted octanol–water partition coefficient (Wildman–Crippen LogP) is 3.18. The fraction of sp³-hybridized carbons (Fsp3) is 0.0556. The van der Waals surface area contributed by atoms with Crippen LogP contribution in [0.4, 0.5) is 5.69 Å². The maximum absolute atomic E-state index is 12.8. The molecule has 3 rings (SSSR count). The first-order valence-corrected chi connectivity index (χ1v) is 8.09. The zero-order chi connectivity index (χ0) is 18.0. The number of amides is 2. The topological polar surface area (TPSA) is 58.6 Å². The lowest BCUT2D eigenvalue weighted by Crippen LogP contribution is -2.54. The molecule has 2 aromatic carbocycles. The standard InChI is InChI=1S/C18H13ClN2O3S/c1-24-14-7-5-11(6-8-14)9-15-16(22)20-18(25)21(17(15)23)13-4-2-3-12(19)10-13/h2-10H,1H3,(H,20,22,25)/b15-9+. The van der Waals surface area contributed by atoms with Gasteiger partial charge < -0.3 is 4.74 Å². The van der Waals surface area contributed by atoms with Crippen molar-refractivity contribution in [2.24, 2.45) is 0 Å².